The minimum absolute atomic E-state index is 0.0591. The van der Waals surface area contributed by atoms with Crippen molar-refractivity contribution in [1.82, 2.24) is 9.55 Å². The first-order chi connectivity index (χ1) is 8.58. The van der Waals surface area contributed by atoms with Crippen molar-refractivity contribution >= 4 is 11.4 Å². The number of rotatable bonds is 3. The van der Waals surface area contributed by atoms with Crippen molar-refractivity contribution in [2.75, 3.05) is 5.73 Å². The molecule has 0 saturated carbocycles. The average molecular weight is 246 g/mol. The fraction of sp³-hybridized carbons (Fsp3) is 0.0909. The highest BCUT2D eigenvalue weighted by Gasteiger charge is 2.09. The summed E-state index contributed by atoms with van der Waals surface area (Å²) < 4.78 is 1.33. The van der Waals surface area contributed by atoms with Gasteiger partial charge in [-0.15, -0.1) is 0 Å². The lowest BCUT2D eigenvalue weighted by Crippen LogP contribution is -2.19. The molecule has 0 radical (unpaired) electrons. The van der Waals surface area contributed by atoms with Gasteiger partial charge in [0.15, 0.2) is 0 Å². The highest BCUT2D eigenvalue weighted by molar-refractivity contribution is 5.52. The summed E-state index contributed by atoms with van der Waals surface area (Å²) in [7, 11) is 0. The maximum absolute atomic E-state index is 11.5. The van der Waals surface area contributed by atoms with Gasteiger partial charge in [0.2, 0.25) is 0 Å². The number of nitro benzene ring substituents is 1. The molecule has 0 atom stereocenters. The Hall–Kier alpha value is -2.70. The second kappa shape index (κ2) is 4.66. The summed E-state index contributed by atoms with van der Waals surface area (Å²) in [6.45, 7) is 0.153. The molecule has 0 aliphatic carbocycles. The number of hydrogen-bond acceptors (Lipinski definition) is 5. The zero-order valence-electron chi connectivity index (χ0n) is 9.31. The van der Waals surface area contributed by atoms with E-state index in [1.54, 1.807) is 0 Å². The zero-order chi connectivity index (χ0) is 13.1. The lowest BCUT2D eigenvalue weighted by Gasteiger charge is -2.07. The molecule has 0 fully saturated rings. The maximum Gasteiger partial charge on any atom is 0.269 e. The molecular formula is C11H10N4O3. The van der Waals surface area contributed by atoms with Crippen LogP contribution in [0.5, 0.6) is 0 Å². The van der Waals surface area contributed by atoms with Crippen molar-refractivity contribution in [3.05, 3.63) is 62.8 Å². The summed E-state index contributed by atoms with van der Waals surface area (Å²) in [5.41, 5.74) is 6.34. The van der Waals surface area contributed by atoms with Crippen LogP contribution < -0.4 is 11.3 Å². The monoisotopic (exact) mass is 246 g/mol. The minimum Gasteiger partial charge on any atom is -0.398 e. The topological polar surface area (TPSA) is 104 Å². The number of nitrogen functional groups attached to an aromatic ring is 1. The van der Waals surface area contributed by atoms with E-state index in [9.17, 15) is 14.9 Å². The van der Waals surface area contributed by atoms with E-state index in [1.807, 2.05) is 0 Å². The molecule has 1 aromatic carbocycles. The number of anilines is 1. The van der Waals surface area contributed by atoms with Gasteiger partial charge in [-0.3, -0.25) is 19.5 Å². The van der Waals surface area contributed by atoms with Crippen molar-refractivity contribution < 1.29 is 4.92 Å². The highest BCUT2D eigenvalue weighted by atomic mass is 16.6. The fourth-order valence-electron chi connectivity index (χ4n) is 1.52. The molecule has 2 rings (SSSR count). The first kappa shape index (κ1) is 11.8. The molecule has 0 saturated heterocycles. The molecule has 0 bridgehead atoms. The third-order valence-corrected chi connectivity index (χ3v) is 2.47. The molecule has 7 nitrogen and oxygen atoms in total. The van der Waals surface area contributed by atoms with Crippen LogP contribution in [0.2, 0.25) is 0 Å². The van der Waals surface area contributed by atoms with Crippen LogP contribution in [0, 0.1) is 10.1 Å². The number of benzene rings is 1. The molecule has 1 heterocycles. The summed E-state index contributed by atoms with van der Waals surface area (Å²) in [6, 6.07) is 5.45. The molecule has 7 heteroatoms. The van der Waals surface area contributed by atoms with Crippen LogP contribution in [0.25, 0.3) is 0 Å². The number of nitrogens with zero attached hydrogens (tertiary/aromatic N) is 3. The van der Waals surface area contributed by atoms with Crippen molar-refractivity contribution in [2.45, 2.75) is 6.54 Å². The van der Waals surface area contributed by atoms with E-state index < -0.39 is 4.92 Å². The van der Waals surface area contributed by atoms with Gasteiger partial charge in [0.1, 0.15) is 0 Å². The van der Waals surface area contributed by atoms with Gasteiger partial charge in [0, 0.05) is 35.6 Å². The molecule has 0 aliphatic rings. The number of hydrogen-bond donors (Lipinski definition) is 1. The van der Waals surface area contributed by atoms with Gasteiger partial charge in [0.25, 0.3) is 11.2 Å². The Morgan fingerprint density at radius 1 is 1.39 bits per heavy atom. The summed E-state index contributed by atoms with van der Waals surface area (Å²) in [4.78, 5) is 25.5. The molecule has 18 heavy (non-hydrogen) atoms. The SMILES string of the molecule is Nc1ccc([N+](=O)[O-])cc1Cn1cnccc1=O. The van der Waals surface area contributed by atoms with Crippen molar-refractivity contribution in [3.8, 4) is 0 Å². The van der Waals surface area contributed by atoms with Gasteiger partial charge in [-0.1, -0.05) is 0 Å². The Bertz CT molecular complexity index is 651. The Morgan fingerprint density at radius 3 is 2.83 bits per heavy atom. The first-order valence-corrected chi connectivity index (χ1v) is 5.11. The van der Waals surface area contributed by atoms with Crippen LogP contribution in [-0.2, 0) is 6.54 Å². The highest BCUT2D eigenvalue weighted by Crippen LogP contribution is 2.19. The van der Waals surface area contributed by atoms with Gasteiger partial charge in [0.05, 0.1) is 17.8 Å². The van der Waals surface area contributed by atoms with Gasteiger partial charge in [-0.05, 0) is 6.07 Å². The Balaban J connectivity index is 2.40. The third-order valence-electron chi connectivity index (χ3n) is 2.47. The van der Waals surface area contributed by atoms with E-state index in [-0.39, 0.29) is 17.8 Å². The smallest absolute Gasteiger partial charge is 0.269 e. The molecule has 0 spiro atoms. The molecule has 92 valence electrons. The quantitative estimate of drug-likeness (QED) is 0.489. The van der Waals surface area contributed by atoms with Gasteiger partial charge < -0.3 is 5.73 Å². The molecule has 0 amide bonds. The number of aromatic nitrogens is 2. The summed E-state index contributed by atoms with van der Waals surface area (Å²) >= 11 is 0. The first-order valence-electron chi connectivity index (χ1n) is 5.11. The summed E-state index contributed by atoms with van der Waals surface area (Å²) in [6.07, 6.45) is 2.75. The standard InChI is InChI=1S/C11H10N4O3/c12-10-2-1-9(15(17)18)5-8(10)6-14-7-13-4-3-11(14)16/h1-5,7H,6,12H2. The molecule has 2 aromatic rings. The lowest BCUT2D eigenvalue weighted by atomic mass is 10.1. The number of nitrogens with two attached hydrogens (primary N) is 1. The van der Waals surface area contributed by atoms with Gasteiger partial charge >= 0.3 is 0 Å². The third kappa shape index (κ3) is 2.34. The summed E-state index contributed by atoms with van der Waals surface area (Å²) in [5, 5.41) is 10.7. The van der Waals surface area contributed by atoms with Gasteiger partial charge in [-0.2, -0.15) is 0 Å². The van der Waals surface area contributed by atoms with Crippen molar-refractivity contribution in [1.29, 1.82) is 0 Å². The predicted octanol–water partition coefficient (Wildman–Crippen LogP) is 0.782. The van der Waals surface area contributed by atoms with Crippen molar-refractivity contribution in [2.24, 2.45) is 0 Å². The van der Waals surface area contributed by atoms with Crippen LogP contribution in [0.4, 0.5) is 11.4 Å². The van der Waals surface area contributed by atoms with E-state index in [0.717, 1.165) is 0 Å². The van der Waals surface area contributed by atoms with Crippen LogP contribution in [0.3, 0.4) is 0 Å². The molecular weight excluding hydrogens is 236 g/mol. The maximum atomic E-state index is 11.5. The Labute approximate surface area is 102 Å². The van der Waals surface area contributed by atoms with Gasteiger partial charge in [-0.25, -0.2) is 4.98 Å². The molecule has 0 unspecified atom stereocenters. The van der Waals surface area contributed by atoms with E-state index in [0.29, 0.717) is 11.3 Å². The van der Waals surface area contributed by atoms with Crippen LogP contribution in [-0.4, -0.2) is 14.5 Å². The van der Waals surface area contributed by atoms with Crippen molar-refractivity contribution in [3.63, 3.8) is 0 Å². The number of nitro groups is 1. The second-order valence-electron chi connectivity index (χ2n) is 3.69. The largest absolute Gasteiger partial charge is 0.398 e. The van der Waals surface area contributed by atoms with Crippen LogP contribution in [0.15, 0.2) is 41.6 Å². The normalized spacial score (nSPS) is 10.2. The zero-order valence-corrected chi connectivity index (χ0v) is 9.31. The van der Waals surface area contributed by atoms with E-state index >= 15 is 0 Å². The van der Waals surface area contributed by atoms with E-state index in [2.05, 4.69) is 4.98 Å². The predicted molar refractivity (Wildman–Crippen MR) is 65.1 cm³/mol. The number of non-ortho nitro benzene ring substituents is 1. The molecule has 0 aliphatic heterocycles. The average Bonchev–Trinajstić information content (AvgIpc) is 2.34. The second-order valence-corrected chi connectivity index (χ2v) is 3.69. The minimum atomic E-state index is -0.505. The van der Waals surface area contributed by atoms with Crippen LogP contribution >= 0.6 is 0 Å². The van der Waals surface area contributed by atoms with Crippen LogP contribution in [0.1, 0.15) is 5.56 Å². The van der Waals surface area contributed by atoms with E-state index in [4.69, 9.17) is 5.73 Å². The molecule has 1 aromatic heterocycles. The van der Waals surface area contributed by atoms with E-state index in [1.165, 1.54) is 41.4 Å². The molecule has 2 N–H and O–H groups in total. The lowest BCUT2D eigenvalue weighted by molar-refractivity contribution is -0.384. The summed E-state index contributed by atoms with van der Waals surface area (Å²) in [5.74, 6) is 0. The Morgan fingerprint density at radius 2 is 2.17 bits per heavy atom. The Kier molecular flexibility index (Phi) is 3.05. The fourth-order valence-corrected chi connectivity index (χ4v) is 1.52.